The van der Waals surface area contributed by atoms with Crippen molar-refractivity contribution in [1.29, 1.82) is 0 Å². The van der Waals surface area contributed by atoms with E-state index in [1.165, 1.54) is 6.07 Å². The van der Waals surface area contributed by atoms with Gasteiger partial charge in [-0.15, -0.1) is 11.8 Å². The minimum Gasteiger partial charge on any atom is -0.337 e. The number of amides is 1. The SMILES string of the molecule is CSc1ccc(-c2noc(C3CCC(=O)N3Cc3ccccc3F)n2)cc1. The van der Waals surface area contributed by atoms with Gasteiger partial charge in [0.15, 0.2) is 0 Å². The van der Waals surface area contributed by atoms with Crippen molar-refractivity contribution < 1.29 is 13.7 Å². The summed E-state index contributed by atoms with van der Waals surface area (Å²) in [4.78, 5) is 19.6. The fourth-order valence-corrected chi connectivity index (χ4v) is 3.63. The predicted molar refractivity (Wildman–Crippen MR) is 100 cm³/mol. The van der Waals surface area contributed by atoms with Gasteiger partial charge >= 0.3 is 0 Å². The number of carbonyl (C=O) groups excluding carboxylic acids is 1. The summed E-state index contributed by atoms with van der Waals surface area (Å²) in [5.41, 5.74) is 1.33. The molecule has 0 saturated carbocycles. The van der Waals surface area contributed by atoms with Gasteiger partial charge in [-0.1, -0.05) is 23.4 Å². The fraction of sp³-hybridized carbons (Fsp3) is 0.250. The third-order valence-corrected chi connectivity index (χ3v) is 5.45. The van der Waals surface area contributed by atoms with E-state index in [0.29, 0.717) is 30.1 Å². The molecule has 0 bridgehead atoms. The van der Waals surface area contributed by atoms with Crippen molar-refractivity contribution in [3.05, 3.63) is 65.8 Å². The standard InChI is InChI=1S/C20H18FN3O2S/c1-27-15-8-6-13(7-9-15)19-22-20(26-23-19)17-10-11-18(25)24(17)12-14-4-2-3-5-16(14)21/h2-9,17H,10-12H2,1H3. The lowest BCUT2D eigenvalue weighted by Crippen LogP contribution is -2.27. The van der Waals surface area contributed by atoms with Gasteiger partial charge in [0.05, 0.1) is 0 Å². The van der Waals surface area contributed by atoms with Gasteiger partial charge in [0.1, 0.15) is 11.9 Å². The zero-order valence-electron chi connectivity index (χ0n) is 14.8. The lowest BCUT2D eigenvalue weighted by Gasteiger charge is -2.22. The van der Waals surface area contributed by atoms with Crippen LogP contribution < -0.4 is 0 Å². The Bertz CT molecular complexity index is 958. The summed E-state index contributed by atoms with van der Waals surface area (Å²) in [5.74, 6) is 0.521. The van der Waals surface area contributed by atoms with E-state index in [2.05, 4.69) is 10.1 Å². The number of halogens is 1. The maximum Gasteiger partial charge on any atom is 0.249 e. The van der Waals surface area contributed by atoms with Crippen molar-refractivity contribution in [2.45, 2.75) is 30.3 Å². The number of rotatable bonds is 5. The van der Waals surface area contributed by atoms with E-state index in [1.807, 2.05) is 30.5 Å². The first-order chi connectivity index (χ1) is 13.2. The Morgan fingerprint density at radius 3 is 2.74 bits per heavy atom. The first-order valence-electron chi connectivity index (χ1n) is 8.66. The van der Waals surface area contributed by atoms with Crippen LogP contribution in [-0.2, 0) is 11.3 Å². The number of benzene rings is 2. The highest BCUT2D eigenvalue weighted by molar-refractivity contribution is 7.98. The molecule has 1 amide bonds. The van der Waals surface area contributed by atoms with E-state index in [0.717, 1.165) is 10.5 Å². The first-order valence-corrected chi connectivity index (χ1v) is 9.89. The smallest absolute Gasteiger partial charge is 0.249 e. The van der Waals surface area contributed by atoms with Crippen LogP contribution in [0.2, 0.25) is 0 Å². The summed E-state index contributed by atoms with van der Waals surface area (Å²) >= 11 is 1.66. The Hall–Kier alpha value is -2.67. The molecule has 1 aromatic heterocycles. The van der Waals surface area contributed by atoms with Crippen molar-refractivity contribution in [2.24, 2.45) is 0 Å². The number of carbonyl (C=O) groups is 1. The van der Waals surface area contributed by atoms with Gasteiger partial charge in [-0.3, -0.25) is 4.79 Å². The molecule has 1 unspecified atom stereocenters. The molecule has 5 nitrogen and oxygen atoms in total. The summed E-state index contributed by atoms with van der Waals surface area (Å²) in [6.07, 6.45) is 2.99. The van der Waals surface area contributed by atoms with Crippen LogP contribution in [0.1, 0.15) is 30.3 Å². The second-order valence-electron chi connectivity index (χ2n) is 6.35. The number of thioether (sulfide) groups is 1. The van der Waals surface area contributed by atoms with Crippen molar-refractivity contribution in [3.8, 4) is 11.4 Å². The van der Waals surface area contributed by atoms with E-state index in [9.17, 15) is 9.18 Å². The normalized spacial score (nSPS) is 16.9. The number of likely N-dealkylation sites (tertiary alicyclic amines) is 1. The fourth-order valence-electron chi connectivity index (χ4n) is 3.23. The quantitative estimate of drug-likeness (QED) is 0.609. The molecule has 1 aliphatic rings. The van der Waals surface area contributed by atoms with Crippen molar-refractivity contribution in [2.75, 3.05) is 6.26 Å². The topological polar surface area (TPSA) is 59.2 Å². The molecule has 1 saturated heterocycles. The molecule has 7 heteroatoms. The van der Waals surface area contributed by atoms with E-state index in [-0.39, 0.29) is 24.3 Å². The van der Waals surface area contributed by atoms with Crippen molar-refractivity contribution >= 4 is 17.7 Å². The zero-order chi connectivity index (χ0) is 18.8. The molecule has 0 N–H and O–H groups in total. The Morgan fingerprint density at radius 1 is 1.22 bits per heavy atom. The van der Waals surface area contributed by atoms with Gasteiger partial charge in [-0.25, -0.2) is 4.39 Å². The molecular weight excluding hydrogens is 365 g/mol. The molecule has 3 aromatic rings. The van der Waals surface area contributed by atoms with E-state index >= 15 is 0 Å². The largest absolute Gasteiger partial charge is 0.337 e. The summed E-state index contributed by atoms with van der Waals surface area (Å²) in [5, 5.41) is 4.07. The highest BCUT2D eigenvalue weighted by Crippen LogP contribution is 2.34. The zero-order valence-corrected chi connectivity index (χ0v) is 15.6. The van der Waals surface area contributed by atoms with Gasteiger partial charge in [-0.2, -0.15) is 4.98 Å². The van der Waals surface area contributed by atoms with Gasteiger partial charge in [0.2, 0.25) is 17.6 Å². The Kier molecular flexibility index (Phi) is 4.94. The van der Waals surface area contributed by atoms with Crippen LogP contribution in [-0.4, -0.2) is 27.2 Å². The van der Waals surface area contributed by atoms with E-state index < -0.39 is 0 Å². The minimum atomic E-state index is -0.330. The Morgan fingerprint density at radius 2 is 2.00 bits per heavy atom. The third-order valence-electron chi connectivity index (χ3n) is 4.70. The molecule has 138 valence electrons. The lowest BCUT2D eigenvalue weighted by atomic mass is 10.1. The minimum absolute atomic E-state index is 0.0349. The van der Waals surface area contributed by atoms with Gasteiger partial charge < -0.3 is 9.42 Å². The number of hydrogen-bond acceptors (Lipinski definition) is 5. The molecule has 2 aromatic carbocycles. The second-order valence-corrected chi connectivity index (χ2v) is 7.23. The molecule has 0 radical (unpaired) electrons. The summed E-state index contributed by atoms with van der Waals surface area (Å²) in [6, 6.07) is 14.0. The van der Waals surface area contributed by atoms with Crippen LogP contribution >= 0.6 is 11.8 Å². The average Bonchev–Trinajstić information content (AvgIpc) is 3.31. The van der Waals surface area contributed by atoms with Gasteiger partial charge in [0.25, 0.3) is 0 Å². The van der Waals surface area contributed by atoms with E-state index in [4.69, 9.17) is 4.52 Å². The van der Waals surface area contributed by atoms with Crippen LogP contribution in [0.15, 0.2) is 57.9 Å². The lowest BCUT2D eigenvalue weighted by molar-refractivity contribution is -0.130. The molecule has 0 spiro atoms. The monoisotopic (exact) mass is 383 g/mol. The number of hydrogen-bond donors (Lipinski definition) is 0. The van der Waals surface area contributed by atoms with Crippen molar-refractivity contribution in [3.63, 3.8) is 0 Å². The van der Waals surface area contributed by atoms with Crippen LogP contribution in [0.5, 0.6) is 0 Å². The molecule has 1 aliphatic heterocycles. The van der Waals surface area contributed by atoms with Crippen LogP contribution in [0.25, 0.3) is 11.4 Å². The molecule has 1 atom stereocenters. The highest BCUT2D eigenvalue weighted by Gasteiger charge is 2.36. The molecule has 27 heavy (non-hydrogen) atoms. The second kappa shape index (κ2) is 7.52. The average molecular weight is 383 g/mol. The molecule has 2 heterocycles. The highest BCUT2D eigenvalue weighted by atomic mass is 32.2. The molecular formula is C20H18FN3O2S. The summed E-state index contributed by atoms with van der Waals surface area (Å²) in [7, 11) is 0. The number of aromatic nitrogens is 2. The summed E-state index contributed by atoms with van der Waals surface area (Å²) < 4.78 is 19.4. The van der Waals surface area contributed by atoms with Crippen LogP contribution in [0.4, 0.5) is 4.39 Å². The molecule has 0 aliphatic carbocycles. The van der Waals surface area contributed by atoms with Crippen molar-refractivity contribution in [1.82, 2.24) is 15.0 Å². The predicted octanol–water partition coefficient (Wildman–Crippen LogP) is 4.46. The maximum absolute atomic E-state index is 14.0. The third kappa shape index (κ3) is 3.60. The van der Waals surface area contributed by atoms with Gasteiger partial charge in [0, 0.05) is 29.0 Å². The molecule has 1 fully saturated rings. The molecule has 4 rings (SSSR count). The first kappa shape index (κ1) is 17.7. The van der Waals surface area contributed by atoms with Crippen LogP contribution in [0, 0.1) is 5.82 Å². The van der Waals surface area contributed by atoms with Gasteiger partial charge in [-0.05, 0) is 43.0 Å². The summed E-state index contributed by atoms with van der Waals surface area (Å²) in [6.45, 7) is 0.191. The van der Waals surface area contributed by atoms with E-state index in [1.54, 1.807) is 34.9 Å². The number of nitrogens with zero attached hydrogens (tertiary/aromatic N) is 3. The maximum atomic E-state index is 14.0. The van der Waals surface area contributed by atoms with Crippen LogP contribution in [0.3, 0.4) is 0 Å². The Labute approximate surface area is 160 Å². The Balaban J connectivity index is 1.57.